The van der Waals surface area contributed by atoms with Crippen LogP contribution in [0.5, 0.6) is 11.5 Å². The van der Waals surface area contributed by atoms with Crippen molar-refractivity contribution in [3.05, 3.63) is 58.0 Å². The molecule has 9 nitrogen and oxygen atoms in total. The van der Waals surface area contributed by atoms with E-state index >= 15 is 0 Å². The molecule has 0 radical (unpaired) electrons. The van der Waals surface area contributed by atoms with Crippen molar-refractivity contribution in [3.63, 3.8) is 0 Å². The number of nitriles is 1. The molecule has 1 fully saturated rings. The summed E-state index contributed by atoms with van der Waals surface area (Å²) in [5, 5.41) is 20.2. The third-order valence-corrected chi connectivity index (χ3v) is 9.40. The Balaban J connectivity index is 1.53. The number of ether oxygens (including phenoxy) is 2. The van der Waals surface area contributed by atoms with E-state index in [1.54, 1.807) is 13.3 Å². The van der Waals surface area contributed by atoms with Crippen molar-refractivity contribution in [2.24, 2.45) is 0 Å². The number of hydrogen-bond acceptors (Lipinski definition) is 8. The fourth-order valence-corrected chi connectivity index (χ4v) is 7.55. The van der Waals surface area contributed by atoms with Gasteiger partial charge in [0.2, 0.25) is 0 Å². The largest absolute Gasteiger partial charge is 0.493 e. The standard InChI is InChI=1S/C28H29Cl2IN7O2P/c1-15(2)35-28(4)13-37(14-28)27-17(9-32)6-18(10-34-27)26-19-7-24(23(39-5)8-22(19)38(36-26)41-31)40-16(3)25-20(29)11-33-12-21(25)30/h6-8,10-12,15-16,35,41H,13-14H2,1-5H3/t16-/m1/s1. The molecule has 0 bridgehead atoms. The maximum absolute atomic E-state index is 10.0. The molecule has 214 valence electrons. The van der Waals surface area contributed by atoms with Crippen molar-refractivity contribution < 1.29 is 9.47 Å². The van der Waals surface area contributed by atoms with E-state index in [4.69, 9.17) is 42.8 Å². The first-order chi connectivity index (χ1) is 19.6. The normalized spacial score (nSPS) is 15.4. The number of halogens is 3. The second-order valence-corrected chi connectivity index (χ2v) is 13.4. The van der Waals surface area contributed by atoms with Crippen LogP contribution in [-0.2, 0) is 0 Å². The molecule has 2 atom stereocenters. The Kier molecular flexibility index (Phi) is 8.84. The molecular formula is C28H29Cl2IN7O2P. The molecule has 13 heteroatoms. The average Bonchev–Trinajstić information content (AvgIpc) is 3.27. The number of anilines is 1. The summed E-state index contributed by atoms with van der Waals surface area (Å²) in [7, 11) is 1.60. The Morgan fingerprint density at radius 3 is 2.44 bits per heavy atom. The molecule has 1 unspecified atom stereocenters. The van der Waals surface area contributed by atoms with Gasteiger partial charge in [0, 0.05) is 60.3 Å². The molecule has 5 rings (SSSR count). The maximum Gasteiger partial charge on any atom is 0.162 e. The molecule has 0 saturated carbocycles. The number of benzene rings is 1. The quantitative estimate of drug-likeness (QED) is 0.143. The summed E-state index contributed by atoms with van der Waals surface area (Å²) in [4.78, 5) is 10.9. The Morgan fingerprint density at radius 2 is 1.83 bits per heavy atom. The van der Waals surface area contributed by atoms with Gasteiger partial charge >= 0.3 is 0 Å². The van der Waals surface area contributed by atoms with Crippen molar-refractivity contribution in [2.45, 2.75) is 45.4 Å². The Labute approximate surface area is 263 Å². The molecule has 1 aliphatic rings. The second-order valence-electron chi connectivity index (χ2n) is 10.6. The smallest absolute Gasteiger partial charge is 0.162 e. The fraction of sp³-hybridized carbons (Fsp3) is 0.357. The molecule has 1 saturated heterocycles. The zero-order chi connectivity index (χ0) is 29.5. The lowest BCUT2D eigenvalue weighted by Crippen LogP contribution is -2.69. The lowest BCUT2D eigenvalue weighted by molar-refractivity contribution is 0.216. The third-order valence-electron chi connectivity index (χ3n) is 6.92. The SMILES string of the molecule is COc1cc2c(cc1O[C@H](C)c1c(Cl)cncc1Cl)c(-c1cnc(N3CC(C)(NC(C)C)C3)c(C#N)c1)nn2PI. The van der Waals surface area contributed by atoms with Crippen molar-refractivity contribution >= 4 is 68.3 Å². The first-order valence-electron chi connectivity index (χ1n) is 12.9. The number of nitrogens with one attached hydrogen (secondary N) is 1. The van der Waals surface area contributed by atoms with E-state index in [0.717, 1.165) is 29.6 Å². The van der Waals surface area contributed by atoms with Crippen LogP contribution in [0.15, 0.2) is 36.8 Å². The van der Waals surface area contributed by atoms with E-state index in [-0.39, 0.29) is 5.54 Å². The molecule has 1 aromatic carbocycles. The van der Waals surface area contributed by atoms with Crippen molar-refractivity contribution in [2.75, 3.05) is 25.1 Å². The van der Waals surface area contributed by atoms with Crippen molar-refractivity contribution in [3.8, 4) is 28.8 Å². The van der Waals surface area contributed by atoms with Gasteiger partial charge in [-0.2, -0.15) is 10.4 Å². The second kappa shape index (κ2) is 12.1. The molecule has 0 spiro atoms. The van der Waals surface area contributed by atoms with Crippen LogP contribution in [0, 0.1) is 11.3 Å². The maximum atomic E-state index is 10.0. The molecule has 1 aliphatic heterocycles. The predicted octanol–water partition coefficient (Wildman–Crippen LogP) is 7.19. The predicted molar refractivity (Wildman–Crippen MR) is 174 cm³/mol. The molecule has 3 aromatic heterocycles. The van der Waals surface area contributed by atoms with Gasteiger partial charge in [-0.15, -0.1) is 0 Å². The first kappa shape index (κ1) is 30.1. The van der Waals surface area contributed by atoms with Gasteiger partial charge in [-0.3, -0.25) is 4.98 Å². The van der Waals surface area contributed by atoms with E-state index in [1.165, 1.54) is 12.4 Å². The molecule has 0 amide bonds. The summed E-state index contributed by atoms with van der Waals surface area (Å²) in [6.45, 7) is 9.90. The summed E-state index contributed by atoms with van der Waals surface area (Å²) in [5.74, 6) is 1.75. The number of pyridine rings is 2. The van der Waals surface area contributed by atoms with Crippen LogP contribution in [0.25, 0.3) is 22.2 Å². The molecule has 1 N–H and O–H groups in total. The van der Waals surface area contributed by atoms with Crippen molar-refractivity contribution in [1.29, 1.82) is 5.26 Å². The highest BCUT2D eigenvalue weighted by Gasteiger charge is 2.40. The van der Waals surface area contributed by atoms with Crippen LogP contribution < -0.4 is 19.7 Å². The molecular weight excluding hydrogens is 695 g/mol. The first-order valence-corrected chi connectivity index (χ1v) is 17.7. The van der Waals surface area contributed by atoms with E-state index in [1.807, 2.05) is 29.6 Å². The van der Waals surface area contributed by atoms with Gasteiger partial charge in [0.1, 0.15) is 23.7 Å². The Bertz CT molecular complexity index is 1630. The van der Waals surface area contributed by atoms with Crippen LogP contribution in [0.3, 0.4) is 0 Å². The van der Waals surface area contributed by atoms with Gasteiger partial charge in [0.05, 0.1) is 40.1 Å². The number of fused-ring (bicyclic) bond motifs is 1. The Hall–Kier alpha value is -2.42. The van der Waals surface area contributed by atoms with Gasteiger partial charge in [-0.1, -0.05) is 37.0 Å². The van der Waals surface area contributed by atoms with Crippen LogP contribution in [0.2, 0.25) is 10.0 Å². The number of nitrogens with zero attached hydrogens (tertiary/aromatic N) is 6. The summed E-state index contributed by atoms with van der Waals surface area (Å²) < 4.78 is 14.0. The van der Waals surface area contributed by atoms with E-state index in [0.29, 0.717) is 56.6 Å². The number of hydrogen-bond donors (Lipinski definition) is 1. The summed E-state index contributed by atoms with van der Waals surface area (Å²) in [5.41, 5.74) is 3.47. The Morgan fingerprint density at radius 1 is 1.12 bits per heavy atom. The van der Waals surface area contributed by atoms with Crippen LogP contribution in [0.4, 0.5) is 5.82 Å². The average molecular weight is 724 g/mol. The topological polar surface area (TPSA) is 101 Å². The van der Waals surface area contributed by atoms with E-state index in [2.05, 4.69) is 64.1 Å². The molecule has 4 heterocycles. The fourth-order valence-electron chi connectivity index (χ4n) is 5.37. The minimum Gasteiger partial charge on any atom is -0.493 e. The lowest BCUT2D eigenvalue weighted by Gasteiger charge is -2.50. The van der Waals surface area contributed by atoms with Gasteiger partial charge in [-0.05, 0) is 48.0 Å². The zero-order valence-corrected chi connectivity index (χ0v) is 27.8. The highest BCUT2D eigenvalue weighted by Crippen LogP contribution is 2.43. The minimum atomic E-state index is -0.479. The minimum absolute atomic E-state index is 0.00521. The molecule has 4 aromatic rings. The van der Waals surface area contributed by atoms with Gasteiger partial charge in [0.15, 0.2) is 11.5 Å². The third kappa shape index (κ3) is 5.93. The van der Waals surface area contributed by atoms with Gasteiger partial charge < -0.3 is 19.7 Å². The summed E-state index contributed by atoms with van der Waals surface area (Å²) >= 11 is 15.1. The van der Waals surface area contributed by atoms with Crippen LogP contribution >= 0.6 is 51.6 Å². The molecule has 0 aliphatic carbocycles. The van der Waals surface area contributed by atoms with Gasteiger partial charge in [0.25, 0.3) is 0 Å². The summed E-state index contributed by atoms with van der Waals surface area (Å²) in [6, 6.07) is 8.39. The highest BCUT2D eigenvalue weighted by molar-refractivity contribution is 14.2. The number of methoxy groups -OCH3 is 1. The number of rotatable bonds is 9. The zero-order valence-electron chi connectivity index (χ0n) is 23.2. The van der Waals surface area contributed by atoms with Crippen LogP contribution in [0.1, 0.15) is 44.9 Å². The van der Waals surface area contributed by atoms with E-state index in [9.17, 15) is 5.26 Å². The van der Waals surface area contributed by atoms with Crippen molar-refractivity contribution in [1.82, 2.24) is 24.8 Å². The van der Waals surface area contributed by atoms with Gasteiger partial charge in [-0.25, -0.2) is 9.44 Å². The lowest BCUT2D eigenvalue weighted by atomic mass is 9.90. The highest BCUT2D eigenvalue weighted by atomic mass is 127. The van der Waals surface area contributed by atoms with E-state index < -0.39 is 6.10 Å². The number of aromatic nitrogens is 4. The monoisotopic (exact) mass is 723 g/mol. The van der Waals surface area contributed by atoms with Crippen LogP contribution in [-0.4, -0.2) is 51.3 Å². The molecule has 41 heavy (non-hydrogen) atoms. The summed E-state index contributed by atoms with van der Waals surface area (Å²) in [6.07, 6.45) is 4.73.